The highest BCUT2D eigenvalue weighted by Crippen LogP contribution is 2.37. The molecule has 78 valence electrons. The molecule has 0 aromatic rings. The first-order chi connectivity index (χ1) is 6.49. The van der Waals surface area contributed by atoms with Crippen LogP contribution in [0.5, 0.6) is 0 Å². The maximum atomic E-state index is 11.7. The summed E-state index contributed by atoms with van der Waals surface area (Å²) >= 11 is 0. The zero-order chi connectivity index (χ0) is 10.4. The van der Waals surface area contributed by atoms with Gasteiger partial charge >= 0.3 is 5.97 Å². The van der Waals surface area contributed by atoms with Crippen LogP contribution in [0.4, 0.5) is 0 Å². The van der Waals surface area contributed by atoms with Crippen molar-refractivity contribution in [2.75, 3.05) is 13.1 Å². The van der Waals surface area contributed by atoms with E-state index in [2.05, 4.69) is 10.6 Å². The summed E-state index contributed by atoms with van der Waals surface area (Å²) in [6.07, 6.45) is 1.11. The van der Waals surface area contributed by atoms with Gasteiger partial charge in [0.05, 0.1) is 5.41 Å². The third-order valence-electron chi connectivity index (χ3n) is 3.09. The minimum Gasteiger partial charge on any atom is -0.480 e. The van der Waals surface area contributed by atoms with Gasteiger partial charge in [-0.3, -0.25) is 4.79 Å². The molecule has 5 heteroatoms. The normalized spacial score (nSPS) is 26.1. The summed E-state index contributed by atoms with van der Waals surface area (Å²) in [7, 11) is 0. The lowest BCUT2D eigenvalue weighted by molar-refractivity contribution is -0.145. The molecule has 1 saturated heterocycles. The third kappa shape index (κ3) is 1.28. The maximum Gasteiger partial charge on any atom is 0.329 e. The van der Waals surface area contributed by atoms with Crippen molar-refractivity contribution in [3.05, 3.63) is 0 Å². The van der Waals surface area contributed by atoms with Gasteiger partial charge in [0.15, 0.2) is 0 Å². The van der Waals surface area contributed by atoms with Gasteiger partial charge in [0, 0.05) is 13.1 Å². The van der Waals surface area contributed by atoms with E-state index < -0.39 is 16.9 Å². The second-order valence-electron chi connectivity index (χ2n) is 4.51. The van der Waals surface area contributed by atoms with Crippen molar-refractivity contribution in [1.82, 2.24) is 10.6 Å². The Balaban J connectivity index is 1.98. The Bertz CT molecular complexity index is 292. The standard InChI is InChI=1S/C9H14N2O3/c1-8(4-10-5-8)6(12)11-9(2-3-9)7(13)14/h10H,2-5H2,1H3,(H,11,12)(H,13,14). The lowest BCUT2D eigenvalue weighted by atomic mass is 9.83. The molecule has 14 heavy (non-hydrogen) atoms. The fraction of sp³-hybridized carbons (Fsp3) is 0.778. The van der Waals surface area contributed by atoms with E-state index in [1.807, 2.05) is 6.92 Å². The van der Waals surface area contributed by atoms with Gasteiger partial charge in [0.2, 0.25) is 5.91 Å². The molecule has 0 aromatic carbocycles. The number of carboxylic acid groups (broad SMARTS) is 1. The van der Waals surface area contributed by atoms with Gasteiger partial charge in [0.25, 0.3) is 0 Å². The molecule has 0 unspecified atom stereocenters. The SMILES string of the molecule is CC1(C(=O)NC2(C(=O)O)CC2)CNC1. The first-order valence-corrected chi connectivity index (χ1v) is 4.75. The molecule has 3 N–H and O–H groups in total. The van der Waals surface area contributed by atoms with Crippen molar-refractivity contribution < 1.29 is 14.7 Å². The van der Waals surface area contributed by atoms with Crippen molar-refractivity contribution in [1.29, 1.82) is 0 Å². The summed E-state index contributed by atoms with van der Waals surface area (Å²) in [4.78, 5) is 22.5. The van der Waals surface area contributed by atoms with Gasteiger partial charge in [-0.25, -0.2) is 4.79 Å². The van der Waals surface area contributed by atoms with Crippen molar-refractivity contribution in [3.8, 4) is 0 Å². The average molecular weight is 198 g/mol. The lowest BCUT2D eigenvalue weighted by Gasteiger charge is -2.38. The van der Waals surface area contributed by atoms with E-state index in [1.165, 1.54) is 0 Å². The number of carbonyl (C=O) groups excluding carboxylic acids is 1. The highest BCUT2D eigenvalue weighted by atomic mass is 16.4. The molecule has 1 saturated carbocycles. The Morgan fingerprint density at radius 2 is 1.93 bits per heavy atom. The first-order valence-electron chi connectivity index (χ1n) is 4.75. The van der Waals surface area contributed by atoms with Crippen molar-refractivity contribution in [2.24, 2.45) is 5.41 Å². The highest BCUT2D eigenvalue weighted by molar-refractivity contribution is 5.92. The zero-order valence-corrected chi connectivity index (χ0v) is 8.09. The molecular weight excluding hydrogens is 184 g/mol. The van der Waals surface area contributed by atoms with Gasteiger partial charge < -0.3 is 15.7 Å². The molecule has 0 aromatic heterocycles. The second-order valence-corrected chi connectivity index (χ2v) is 4.51. The smallest absolute Gasteiger partial charge is 0.329 e. The van der Waals surface area contributed by atoms with Crippen molar-refractivity contribution >= 4 is 11.9 Å². The van der Waals surface area contributed by atoms with E-state index in [1.54, 1.807) is 0 Å². The Morgan fingerprint density at radius 3 is 2.21 bits per heavy atom. The van der Waals surface area contributed by atoms with Crippen LogP contribution in [0.25, 0.3) is 0 Å². The second kappa shape index (κ2) is 2.70. The first kappa shape index (κ1) is 9.45. The number of rotatable bonds is 3. The quantitative estimate of drug-likeness (QED) is 0.562. The average Bonchev–Trinajstić information content (AvgIpc) is 2.81. The van der Waals surface area contributed by atoms with Crippen LogP contribution in [0.3, 0.4) is 0 Å². The molecule has 1 aliphatic carbocycles. The number of hydrogen-bond donors (Lipinski definition) is 3. The molecule has 2 rings (SSSR count). The van der Waals surface area contributed by atoms with E-state index in [9.17, 15) is 9.59 Å². The molecule has 0 radical (unpaired) electrons. The number of amides is 1. The summed E-state index contributed by atoms with van der Waals surface area (Å²) < 4.78 is 0. The number of carbonyl (C=O) groups is 2. The predicted octanol–water partition coefficient (Wildman–Crippen LogP) is -0.671. The van der Waals surface area contributed by atoms with Crippen LogP contribution >= 0.6 is 0 Å². The highest BCUT2D eigenvalue weighted by Gasteiger charge is 2.54. The minimum absolute atomic E-state index is 0.142. The van der Waals surface area contributed by atoms with E-state index in [0.717, 1.165) is 0 Å². The van der Waals surface area contributed by atoms with Gasteiger partial charge in [0.1, 0.15) is 5.54 Å². The zero-order valence-electron chi connectivity index (χ0n) is 8.09. The van der Waals surface area contributed by atoms with E-state index in [0.29, 0.717) is 25.9 Å². The van der Waals surface area contributed by atoms with Crippen molar-refractivity contribution in [2.45, 2.75) is 25.3 Å². The Labute approximate surface area is 81.9 Å². The number of nitrogens with one attached hydrogen (secondary N) is 2. The molecule has 0 atom stereocenters. The molecule has 2 aliphatic rings. The number of hydrogen-bond acceptors (Lipinski definition) is 3. The topological polar surface area (TPSA) is 78.4 Å². The van der Waals surface area contributed by atoms with E-state index >= 15 is 0 Å². The van der Waals surface area contributed by atoms with Gasteiger partial charge in [-0.05, 0) is 19.8 Å². The summed E-state index contributed by atoms with van der Waals surface area (Å²) in [5, 5.41) is 14.5. The fourth-order valence-corrected chi connectivity index (χ4v) is 1.55. The molecule has 1 aliphatic heterocycles. The van der Waals surface area contributed by atoms with Gasteiger partial charge in [-0.2, -0.15) is 0 Å². The fourth-order valence-electron chi connectivity index (χ4n) is 1.55. The summed E-state index contributed by atoms with van der Waals surface area (Å²) in [5.41, 5.74) is -1.36. The molecule has 5 nitrogen and oxygen atoms in total. The van der Waals surface area contributed by atoms with Crippen molar-refractivity contribution in [3.63, 3.8) is 0 Å². The van der Waals surface area contributed by atoms with Crippen LogP contribution < -0.4 is 10.6 Å². The van der Waals surface area contributed by atoms with Gasteiger partial charge in [-0.15, -0.1) is 0 Å². The van der Waals surface area contributed by atoms with Crippen LogP contribution in [-0.2, 0) is 9.59 Å². The lowest BCUT2D eigenvalue weighted by Crippen LogP contribution is -2.62. The molecule has 2 fully saturated rings. The van der Waals surface area contributed by atoms with E-state index in [-0.39, 0.29) is 5.91 Å². The largest absolute Gasteiger partial charge is 0.480 e. The summed E-state index contributed by atoms with van der Waals surface area (Å²) in [6, 6.07) is 0. The molecular formula is C9H14N2O3. The maximum absolute atomic E-state index is 11.7. The van der Waals surface area contributed by atoms with E-state index in [4.69, 9.17) is 5.11 Å². The van der Waals surface area contributed by atoms with Crippen LogP contribution in [-0.4, -0.2) is 35.6 Å². The number of carboxylic acids is 1. The molecule has 1 heterocycles. The van der Waals surface area contributed by atoms with Crippen LogP contribution in [0.1, 0.15) is 19.8 Å². The Morgan fingerprint density at radius 1 is 1.36 bits per heavy atom. The number of aliphatic carboxylic acids is 1. The molecule has 0 bridgehead atoms. The van der Waals surface area contributed by atoms with Crippen LogP contribution in [0.15, 0.2) is 0 Å². The summed E-state index contributed by atoms with van der Waals surface area (Å²) in [5.74, 6) is -1.06. The van der Waals surface area contributed by atoms with Crippen LogP contribution in [0, 0.1) is 5.41 Å². The van der Waals surface area contributed by atoms with Gasteiger partial charge in [-0.1, -0.05) is 0 Å². The monoisotopic (exact) mass is 198 g/mol. The Kier molecular flexibility index (Phi) is 1.82. The predicted molar refractivity (Wildman–Crippen MR) is 48.7 cm³/mol. The molecule has 1 amide bonds. The molecule has 0 spiro atoms. The minimum atomic E-state index is -0.949. The van der Waals surface area contributed by atoms with Crippen LogP contribution in [0.2, 0.25) is 0 Å². The summed E-state index contributed by atoms with van der Waals surface area (Å²) in [6.45, 7) is 3.11. The third-order valence-corrected chi connectivity index (χ3v) is 3.09. The Hall–Kier alpha value is -1.10.